The van der Waals surface area contributed by atoms with Gasteiger partial charge in [-0.1, -0.05) is 29.3 Å². The SMILES string of the molecule is Nc1c(F)ccc(NC(=O)c2cc(NC(=O)[C@H]3[C@H](c4ccc(Br)c(Cl)c4)C3(Cl)Cl)ccc2Cl)c1F. The molecule has 0 heterocycles. The Morgan fingerprint density at radius 3 is 2.37 bits per heavy atom. The maximum absolute atomic E-state index is 14.2. The molecule has 0 aromatic heterocycles. The lowest BCUT2D eigenvalue weighted by Gasteiger charge is -2.11. The topological polar surface area (TPSA) is 84.2 Å². The first-order chi connectivity index (χ1) is 16.4. The van der Waals surface area contributed by atoms with Gasteiger partial charge in [0.2, 0.25) is 5.91 Å². The number of amides is 2. The Labute approximate surface area is 227 Å². The van der Waals surface area contributed by atoms with Crippen LogP contribution in [0.1, 0.15) is 21.8 Å². The van der Waals surface area contributed by atoms with Gasteiger partial charge in [0.1, 0.15) is 15.8 Å². The molecule has 0 saturated heterocycles. The Morgan fingerprint density at radius 1 is 0.971 bits per heavy atom. The number of hydrogen-bond donors (Lipinski definition) is 3. The van der Waals surface area contributed by atoms with E-state index in [0.717, 1.165) is 12.1 Å². The minimum atomic E-state index is -1.35. The van der Waals surface area contributed by atoms with E-state index in [1.807, 2.05) is 0 Å². The molecule has 5 nitrogen and oxygen atoms in total. The third-order valence-electron chi connectivity index (χ3n) is 5.49. The highest BCUT2D eigenvalue weighted by molar-refractivity contribution is 9.10. The molecule has 0 radical (unpaired) electrons. The van der Waals surface area contributed by atoms with Crippen LogP contribution in [0, 0.1) is 17.6 Å². The standard InChI is InChI=1S/C23H14BrCl4F2N3O2/c24-12-3-1-9(7-14(12)26)17-18(23(17,27)28)22(35)32-10-2-4-13(25)11(8-10)21(34)33-16-6-5-15(29)20(31)19(16)30/h1-8,17-18H,31H2,(H,32,35)(H,33,34)/t17-,18+/m0/s1. The predicted octanol–water partition coefficient (Wildman–Crippen LogP) is 7.39. The van der Waals surface area contributed by atoms with Crippen LogP contribution in [0.15, 0.2) is 53.0 Å². The van der Waals surface area contributed by atoms with Crippen molar-refractivity contribution in [2.24, 2.45) is 5.92 Å². The van der Waals surface area contributed by atoms with Crippen LogP contribution in [0.5, 0.6) is 0 Å². The molecule has 182 valence electrons. The van der Waals surface area contributed by atoms with Crippen molar-refractivity contribution in [2.75, 3.05) is 16.4 Å². The number of nitrogen functional groups attached to an aromatic ring is 1. The summed E-state index contributed by atoms with van der Waals surface area (Å²) >= 11 is 28.4. The second kappa shape index (κ2) is 9.75. The average molecular weight is 624 g/mol. The number of carbonyl (C=O) groups excluding carboxylic acids is 2. The molecule has 1 aliphatic rings. The van der Waals surface area contributed by atoms with Crippen molar-refractivity contribution in [3.05, 3.63) is 85.8 Å². The van der Waals surface area contributed by atoms with Crippen molar-refractivity contribution >= 4 is 91.2 Å². The lowest BCUT2D eigenvalue weighted by molar-refractivity contribution is -0.117. The first-order valence-electron chi connectivity index (χ1n) is 9.89. The Balaban J connectivity index is 1.52. The summed E-state index contributed by atoms with van der Waals surface area (Å²) in [5.41, 5.74) is 5.12. The minimum absolute atomic E-state index is 0.0360. The van der Waals surface area contributed by atoms with E-state index in [9.17, 15) is 18.4 Å². The summed E-state index contributed by atoms with van der Waals surface area (Å²) in [4.78, 5) is 25.6. The molecule has 3 aromatic rings. The number of hydrogen-bond acceptors (Lipinski definition) is 3. The molecule has 2 amide bonds. The number of nitrogens with one attached hydrogen (secondary N) is 2. The lowest BCUT2D eigenvalue weighted by Crippen LogP contribution is -2.18. The van der Waals surface area contributed by atoms with Gasteiger partial charge in [0.25, 0.3) is 5.91 Å². The van der Waals surface area contributed by atoms with Crippen LogP contribution in [0.2, 0.25) is 10.0 Å². The van der Waals surface area contributed by atoms with Crippen molar-refractivity contribution in [3.63, 3.8) is 0 Å². The second-order valence-corrected chi connectivity index (χ2v) is 10.9. The van der Waals surface area contributed by atoms with Crippen molar-refractivity contribution < 1.29 is 18.4 Å². The van der Waals surface area contributed by atoms with Gasteiger partial charge < -0.3 is 16.4 Å². The summed E-state index contributed by atoms with van der Waals surface area (Å²) < 4.78 is 26.9. The van der Waals surface area contributed by atoms with Crippen LogP contribution < -0.4 is 16.4 Å². The van der Waals surface area contributed by atoms with Gasteiger partial charge in [-0.2, -0.15) is 0 Å². The number of anilines is 3. The predicted molar refractivity (Wildman–Crippen MR) is 139 cm³/mol. The molecule has 4 N–H and O–H groups in total. The summed E-state index contributed by atoms with van der Waals surface area (Å²) in [5.74, 6) is -4.64. The highest BCUT2D eigenvalue weighted by Gasteiger charge is 2.67. The zero-order chi connectivity index (χ0) is 25.7. The number of halogens is 7. The van der Waals surface area contributed by atoms with Gasteiger partial charge in [-0.3, -0.25) is 9.59 Å². The zero-order valence-electron chi connectivity index (χ0n) is 17.3. The largest absolute Gasteiger partial charge is 0.394 e. The van der Waals surface area contributed by atoms with Crippen LogP contribution in [0.25, 0.3) is 0 Å². The molecule has 3 aromatic carbocycles. The Hall–Kier alpha value is -2.10. The number of alkyl halides is 2. The fourth-order valence-corrected chi connectivity index (χ4v) is 5.09. The molecule has 0 aliphatic heterocycles. The molecule has 4 rings (SSSR count). The minimum Gasteiger partial charge on any atom is -0.394 e. The second-order valence-electron chi connectivity index (χ2n) is 7.76. The molecule has 35 heavy (non-hydrogen) atoms. The molecule has 0 spiro atoms. The Bertz CT molecular complexity index is 1370. The van der Waals surface area contributed by atoms with Gasteiger partial charge in [-0.25, -0.2) is 8.78 Å². The fraction of sp³-hybridized carbons (Fsp3) is 0.130. The third kappa shape index (κ3) is 5.08. The lowest BCUT2D eigenvalue weighted by atomic mass is 10.1. The highest BCUT2D eigenvalue weighted by atomic mass is 79.9. The van der Waals surface area contributed by atoms with Gasteiger partial charge >= 0.3 is 0 Å². The van der Waals surface area contributed by atoms with Crippen molar-refractivity contribution in [2.45, 2.75) is 10.3 Å². The Kier molecular flexibility index (Phi) is 7.23. The quantitative estimate of drug-likeness (QED) is 0.205. The molecule has 0 unspecified atom stereocenters. The first-order valence-corrected chi connectivity index (χ1v) is 12.2. The maximum Gasteiger partial charge on any atom is 0.257 e. The monoisotopic (exact) mass is 621 g/mol. The van der Waals surface area contributed by atoms with E-state index in [-0.39, 0.29) is 22.0 Å². The normalized spacial score (nSPS) is 18.1. The number of benzene rings is 3. The third-order valence-corrected chi connectivity index (χ3v) is 7.99. The molecule has 1 fully saturated rings. The van der Waals surface area contributed by atoms with E-state index in [0.29, 0.717) is 15.1 Å². The van der Waals surface area contributed by atoms with Gasteiger partial charge in [0.05, 0.1) is 27.2 Å². The van der Waals surface area contributed by atoms with E-state index in [1.165, 1.54) is 18.2 Å². The number of carbonyl (C=O) groups is 2. The summed E-state index contributed by atoms with van der Waals surface area (Å²) in [5, 5.41) is 5.44. The van der Waals surface area contributed by atoms with E-state index in [4.69, 9.17) is 52.1 Å². The number of rotatable bonds is 5. The molecule has 1 saturated carbocycles. The molecule has 12 heteroatoms. The first kappa shape index (κ1) is 26.0. The smallest absolute Gasteiger partial charge is 0.257 e. The van der Waals surface area contributed by atoms with Crippen LogP contribution in [0.3, 0.4) is 0 Å². The number of nitrogens with two attached hydrogens (primary N) is 1. The van der Waals surface area contributed by atoms with E-state index < -0.39 is 45.3 Å². The van der Waals surface area contributed by atoms with Gasteiger partial charge in [-0.15, -0.1) is 23.2 Å². The molecule has 1 aliphatic carbocycles. The van der Waals surface area contributed by atoms with Crippen LogP contribution in [-0.2, 0) is 4.79 Å². The van der Waals surface area contributed by atoms with Crippen molar-refractivity contribution in [3.8, 4) is 0 Å². The van der Waals surface area contributed by atoms with Crippen LogP contribution in [-0.4, -0.2) is 16.1 Å². The summed E-state index contributed by atoms with van der Waals surface area (Å²) in [7, 11) is 0. The van der Waals surface area contributed by atoms with E-state index in [1.54, 1.807) is 18.2 Å². The Morgan fingerprint density at radius 2 is 1.69 bits per heavy atom. The average Bonchev–Trinajstić information content (AvgIpc) is 3.39. The van der Waals surface area contributed by atoms with Crippen LogP contribution in [0.4, 0.5) is 25.8 Å². The van der Waals surface area contributed by atoms with Gasteiger partial charge in [-0.05, 0) is 64.0 Å². The van der Waals surface area contributed by atoms with Crippen LogP contribution >= 0.6 is 62.3 Å². The molecular formula is C23H14BrCl4F2N3O2. The van der Waals surface area contributed by atoms with Gasteiger partial charge in [0.15, 0.2) is 5.82 Å². The molecule has 0 bridgehead atoms. The van der Waals surface area contributed by atoms with Crippen molar-refractivity contribution in [1.29, 1.82) is 0 Å². The summed E-state index contributed by atoms with van der Waals surface area (Å²) in [6.07, 6.45) is 0. The van der Waals surface area contributed by atoms with E-state index >= 15 is 0 Å². The zero-order valence-corrected chi connectivity index (χ0v) is 21.9. The highest BCUT2D eigenvalue weighted by Crippen LogP contribution is 2.65. The summed E-state index contributed by atoms with van der Waals surface area (Å²) in [6, 6.07) is 11.3. The maximum atomic E-state index is 14.2. The van der Waals surface area contributed by atoms with E-state index in [2.05, 4.69) is 26.6 Å². The van der Waals surface area contributed by atoms with Gasteiger partial charge in [0, 0.05) is 16.1 Å². The molecular weight excluding hydrogens is 610 g/mol. The molecule has 2 atom stereocenters. The fourth-order valence-electron chi connectivity index (χ4n) is 3.63. The van der Waals surface area contributed by atoms with Crippen molar-refractivity contribution in [1.82, 2.24) is 0 Å². The summed E-state index contributed by atoms with van der Waals surface area (Å²) in [6.45, 7) is 0.